The van der Waals surface area contributed by atoms with Crippen LogP contribution < -0.4 is 15.5 Å². The number of nitrogens with zero attached hydrogens (tertiary/aromatic N) is 2. The number of hydrogen-bond donors (Lipinski definition) is 3. The number of rotatable bonds is 3. The van der Waals surface area contributed by atoms with Gasteiger partial charge < -0.3 is 20.6 Å². The lowest BCUT2D eigenvalue weighted by Gasteiger charge is -2.15. The number of hydrogen-bond acceptors (Lipinski definition) is 5. The van der Waals surface area contributed by atoms with Crippen LogP contribution in [0, 0.1) is 0 Å². The van der Waals surface area contributed by atoms with Crippen LogP contribution in [-0.4, -0.2) is 17.1 Å². The third kappa shape index (κ3) is 2.19. The molecule has 0 radical (unpaired) electrons. The summed E-state index contributed by atoms with van der Waals surface area (Å²) in [6.45, 7) is 3.92. The van der Waals surface area contributed by atoms with Crippen molar-refractivity contribution in [3.8, 4) is 0 Å². The molecule has 3 N–H and O–H groups in total. The van der Waals surface area contributed by atoms with Gasteiger partial charge in [-0.1, -0.05) is 18.7 Å². The molecule has 5 nitrogen and oxygen atoms in total. The van der Waals surface area contributed by atoms with Crippen LogP contribution in [0.2, 0.25) is 0 Å². The molecule has 2 aromatic rings. The SMILES string of the molecule is C=C1Nc2cc(C(O)Nc3ccccn3)ccc2N1C. The van der Waals surface area contributed by atoms with E-state index < -0.39 is 6.23 Å². The summed E-state index contributed by atoms with van der Waals surface area (Å²) in [5.41, 5.74) is 2.76. The number of fused-ring (bicyclic) bond motifs is 1. The smallest absolute Gasteiger partial charge is 0.152 e. The van der Waals surface area contributed by atoms with E-state index in [1.807, 2.05) is 48.3 Å². The number of aliphatic hydroxyl groups is 1. The average Bonchev–Trinajstić information content (AvgIpc) is 2.74. The zero-order valence-corrected chi connectivity index (χ0v) is 11.2. The highest BCUT2D eigenvalue weighted by molar-refractivity contribution is 5.80. The lowest BCUT2D eigenvalue weighted by atomic mass is 10.1. The van der Waals surface area contributed by atoms with E-state index in [1.165, 1.54) is 0 Å². The standard InChI is InChI=1S/C15H16N4O/c1-10-17-12-9-11(6-7-13(12)19(10)2)15(20)18-14-5-3-4-8-16-14/h3-9,15,17,20H,1H2,2H3,(H,16,18). The first-order chi connectivity index (χ1) is 9.65. The molecule has 3 rings (SSSR count). The molecular formula is C15H16N4O. The Bertz CT molecular complexity index is 642. The minimum atomic E-state index is -0.809. The van der Waals surface area contributed by atoms with E-state index in [-0.39, 0.29) is 0 Å². The summed E-state index contributed by atoms with van der Waals surface area (Å²) in [7, 11) is 1.95. The van der Waals surface area contributed by atoms with Crippen molar-refractivity contribution in [3.63, 3.8) is 0 Å². The molecule has 1 aliphatic rings. The van der Waals surface area contributed by atoms with Gasteiger partial charge in [0.25, 0.3) is 0 Å². The van der Waals surface area contributed by atoms with Crippen molar-refractivity contribution in [2.45, 2.75) is 6.23 Å². The number of nitrogens with one attached hydrogen (secondary N) is 2. The first-order valence-corrected chi connectivity index (χ1v) is 6.34. The van der Waals surface area contributed by atoms with Gasteiger partial charge in [0.05, 0.1) is 11.4 Å². The number of anilines is 3. The molecule has 102 valence electrons. The lowest BCUT2D eigenvalue weighted by molar-refractivity contribution is 0.208. The van der Waals surface area contributed by atoms with Gasteiger partial charge in [0.15, 0.2) is 6.23 Å². The topological polar surface area (TPSA) is 60.4 Å². The van der Waals surface area contributed by atoms with E-state index >= 15 is 0 Å². The first kappa shape index (κ1) is 12.5. The van der Waals surface area contributed by atoms with Gasteiger partial charge in [-0.25, -0.2) is 4.98 Å². The van der Waals surface area contributed by atoms with Gasteiger partial charge in [-0.2, -0.15) is 0 Å². The van der Waals surface area contributed by atoms with Crippen LogP contribution in [0.25, 0.3) is 0 Å². The van der Waals surface area contributed by atoms with Crippen LogP contribution in [0.5, 0.6) is 0 Å². The first-order valence-electron chi connectivity index (χ1n) is 6.34. The van der Waals surface area contributed by atoms with Gasteiger partial charge in [0.2, 0.25) is 0 Å². The Hall–Kier alpha value is -2.53. The Kier molecular flexibility index (Phi) is 3.04. The van der Waals surface area contributed by atoms with Crippen molar-refractivity contribution in [1.29, 1.82) is 0 Å². The maximum absolute atomic E-state index is 10.2. The maximum Gasteiger partial charge on any atom is 0.152 e. The second kappa shape index (κ2) is 4.86. The highest BCUT2D eigenvalue weighted by atomic mass is 16.3. The van der Waals surface area contributed by atoms with Crippen LogP contribution in [-0.2, 0) is 0 Å². The molecule has 0 fully saturated rings. The summed E-state index contributed by atoms with van der Waals surface area (Å²) in [6.07, 6.45) is 0.870. The third-order valence-electron chi connectivity index (χ3n) is 3.33. The highest BCUT2D eigenvalue weighted by Crippen LogP contribution is 2.36. The molecular weight excluding hydrogens is 252 g/mol. The molecule has 1 aromatic heterocycles. The summed E-state index contributed by atoms with van der Waals surface area (Å²) >= 11 is 0. The summed E-state index contributed by atoms with van der Waals surface area (Å²) in [4.78, 5) is 6.10. The van der Waals surface area contributed by atoms with Gasteiger partial charge in [-0.05, 0) is 24.3 Å². The fourth-order valence-corrected chi connectivity index (χ4v) is 2.17. The predicted molar refractivity (Wildman–Crippen MR) is 80.4 cm³/mol. The van der Waals surface area contributed by atoms with Crippen molar-refractivity contribution in [2.24, 2.45) is 0 Å². The molecule has 2 heterocycles. The van der Waals surface area contributed by atoms with Crippen molar-refractivity contribution >= 4 is 17.2 Å². The number of aliphatic hydroxyl groups excluding tert-OH is 1. The molecule has 0 spiro atoms. The molecule has 1 aromatic carbocycles. The molecule has 0 bridgehead atoms. The molecule has 0 saturated heterocycles. The monoisotopic (exact) mass is 268 g/mol. The van der Waals surface area contributed by atoms with E-state index in [4.69, 9.17) is 0 Å². The van der Waals surface area contributed by atoms with Crippen LogP contribution in [0.4, 0.5) is 17.2 Å². The Morgan fingerprint density at radius 1 is 1.35 bits per heavy atom. The van der Waals surface area contributed by atoms with E-state index in [0.29, 0.717) is 5.82 Å². The van der Waals surface area contributed by atoms with Gasteiger partial charge in [-0.15, -0.1) is 0 Å². The molecule has 20 heavy (non-hydrogen) atoms. The predicted octanol–water partition coefficient (Wildman–Crippen LogP) is 2.52. The van der Waals surface area contributed by atoms with Crippen molar-refractivity contribution in [1.82, 2.24) is 4.98 Å². The maximum atomic E-state index is 10.2. The van der Waals surface area contributed by atoms with E-state index in [1.54, 1.807) is 6.20 Å². The van der Waals surface area contributed by atoms with E-state index in [2.05, 4.69) is 22.2 Å². The van der Waals surface area contributed by atoms with Crippen LogP contribution in [0.3, 0.4) is 0 Å². The molecule has 1 aliphatic heterocycles. The number of pyridine rings is 1. The quantitative estimate of drug-likeness (QED) is 0.747. The minimum Gasteiger partial charge on any atom is -0.369 e. The molecule has 1 unspecified atom stereocenters. The number of benzene rings is 1. The summed E-state index contributed by atoms with van der Waals surface area (Å²) in [5.74, 6) is 1.46. The largest absolute Gasteiger partial charge is 0.369 e. The van der Waals surface area contributed by atoms with Crippen LogP contribution in [0.1, 0.15) is 11.8 Å². The van der Waals surface area contributed by atoms with Crippen molar-refractivity contribution < 1.29 is 5.11 Å². The number of aromatic nitrogens is 1. The van der Waals surface area contributed by atoms with Crippen LogP contribution >= 0.6 is 0 Å². The molecule has 5 heteroatoms. The van der Waals surface area contributed by atoms with E-state index in [9.17, 15) is 5.11 Å². The van der Waals surface area contributed by atoms with Gasteiger partial charge in [0, 0.05) is 18.8 Å². The van der Waals surface area contributed by atoms with Gasteiger partial charge in [0.1, 0.15) is 11.6 Å². The van der Waals surface area contributed by atoms with Crippen molar-refractivity contribution in [3.05, 3.63) is 60.6 Å². The minimum absolute atomic E-state index is 0.634. The summed E-state index contributed by atoms with van der Waals surface area (Å²) < 4.78 is 0. The fraction of sp³-hybridized carbons (Fsp3) is 0.133. The average molecular weight is 268 g/mol. The molecule has 1 atom stereocenters. The normalized spacial score (nSPS) is 14.7. The summed E-state index contributed by atoms with van der Waals surface area (Å²) in [6, 6.07) is 11.3. The summed E-state index contributed by atoms with van der Waals surface area (Å²) in [5, 5.41) is 16.4. The second-order valence-corrected chi connectivity index (χ2v) is 4.67. The molecule has 0 aliphatic carbocycles. The zero-order chi connectivity index (χ0) is 14.1. The Labute approximate surface area is 117 Å². The van der Waals surface area contributed by atoms with Gasteiger partial charge in [-0.3, -0.25) is 0 Å². The fourth-order valence-electron chi connectivity index (χ4n) is 2.17. The lowest BCUT2D eigenvalue weighted by Crippen LogP contribution is -2.12. The zero-order valence-electron chi connectivity index (χ0n) is 11.2. The molecule has 0 saturated carbocycles. The van der Waals surface area contributed by atoms with Gasteiger partial charge >= 0.3 is 0 Å². The van der Waals surface area contributed by atoms with E-state index in [0.717, 1.165) is 22.8 Å². The Balaban J connectivity index is 1.82. The highest BCUT2D eigenvalue weighted by Gasteiger charge is 2.20. The Morgan fingerprint density at radius 2 is 2.20 bits per heavy atom. The van der Waals surface area contributed by atoms with Crippen LogP contribution in [0.15, 0.2) is 55.0 Å². The Morgan fingerprint density at radius 3 is 2.95 bits per heavy atom. The molecule has 0 amide bonds. The second-order valence-electron chi connectivity index (χ2n) is 4.67. The third-order valence-corrected chi connectivity index (χ3v) is 3.33. The van der Waals surface area contributed by atoms with Crippen molar-refractivity contribution in [2.75, 3.05) is 22.6 Å².